The molecule has 9 heteroatoms. The summed E-state index contributed by atoms with van der Waals surface area (Å²) in [5, 5.41) is 2.65. The summed E-state index contributed by atoms with van der Waals surface area (Å²) in [5.74, 6) is -0.861. The summed E-state index contributed by atoms with van der Waals surface area (Å²) >= 11 is 0. The molecule has 2 rings (SSSR count). The van der Waals surface area contributed by atoms with Crippen LogP contribution in [0.2, 0.25) is 0 Å². The molecule has 0 aliphatic carbocycles. The highest BCUT2D eigenvalue weighted by atomic mass is 32.2. The number of amides is 1. The van der Waals surface area contributed by atoms with Gasteiger partial charge in [0, 0.05) is 7.05 Å². The fraction of sp³-hybridized carbons (Fsp3) is 0.263. The molecule has 0 aliphatic rings. The van der Waals surface area contributed by atoms with Crippen molar-refractivity contribution in [3.05, 3.63) is 59.7 Å². The Labute approximate surface area is 164 Å². The van der Waals surface area contributed by atoms with E-state index in [-0.39, 0.29) is 11.3 Å². The normalized spacial score (nSPS) is 12.3. The number of ether oxygens (including phenoxy) is 2. The maximum atomic E-state index is 13.0. The van der Waals surface area contributed by atoms with Gasteiger partial charge in [0.2, 0.25) is 15.9 Å². The van der Waals surface area contributed by atoms with Gasteiger partial charge in [-0.15, -0.1) is 0 Å². The molecule has 0 unspecified atom stereocenters. The number of nitrogens with zero attached hydrogens (tertiary/aromatic N) is 1. The molecule has 0 heterocycles. The average molecular weight is 406 g/mol. The van der Waals surface area contributed by atoms with Crippen molar-refractivity contribution in [2.24, 2.45) is 0 Å². The SMILES string of the molecule is COC(=O)c1ccc(OC)c(NC(=O)[C@@H](c2ccccc2)N(C)S(C)(=O)=O)c1. The number of hydrogen-bond donors (Lipinski definition) is 1. The Morgan fingerprint density at radius 2 is 1.71 bits per heavy atom. The zero-order chi connectivity index (χ0) is 20.9. The number of anilines is 1. The molecule has 1 amide bonds. The minimum atomic E-state index is -3.66. The Kier molecular flexibility index (Phi) is 6.76. The lowest BCUT2D eigenvalue weighted by Gasteiger charge is -2.26. The molecule has 150 valence electrons. The van der Waals surface area contributed by atoms with Crippen molar-refractivity contribution in [1.29, 1.82) is 0 Å². The van der Waals surface area contributed by atoms with E-state index < -0.39 is 27.9 Å². The van der Waals surface area contributed by atoms with E-state index in [0.717, 1.165) is 10.6 Å². The zero-order valence-electron chi connectivity index (χ0n) is 16.0. The second-order valence-electron chi connectivity index (χ2n) is 5.99. The Hall–Kier alpha value is -2.91. The molecule has 1 atom stereocenters. The van der Waals surface area contributed by atoms with E-state index in [4.69, 9.17) is 4.74 Å². The largest absolute Gasteiger partial charge is 0.495 e. The monoisotopic (exact) mass is 406 g/mol. The number of hydrogen-bond acceptors (Lipinski definition) is 6. The van der Waals surface area contributed by atoms with Gasteiger partial charge in [-0.3, -0.25) is 4.79 Å². The quantitative estimate of drug-likeness (QED) is 0.706. The second kappa shape index (κ2) is 8.85. The van der Waals surface area contributed by atoms with Gasteiger partial charge in [-0.25, -0.2) is 13.2 Å². The van der Waals surface area contributed by atoms with Crippen molar-refractivity contribution < 1.29 is 27.5 Å². The van der Waals surface area contributed by atoms with Crippen LogP contribution >= 0.6 is 0 Å². The predicted octanol–water partition coefficient (Wildman–Crippen LogP) is 2.05. The van der Waals surface area contributed by atoms with E-state index in [1.165, 1.54) is 39.5 Å². The first-order valence-electron chi connectivity index (χ1n) is 8.24. The molecule has 0 aliphatic heterocycles. The molecule has 0 saturated heterocycles. The summed E-state index contributed by atoms with van der Waals surface area (Å²) in [5.41, 5.74) is 0.931. The molecule has 0 fully saturated rings. The van der Waals surface area contributed by atoms with Crippen molar-refractivity contribution in [3.63, 3.8) is 0 Å². The number of methoxy groups -OCH3 is 2. The Morgan fingerprint density at radius 3 is 2.25 bits per heavy atom. The van der Waals surface area contributed by atoms with Crippen molar-refractivity contribution >= 4 is 27.6 Å². The summed E-state index contributed by atoms with van der Waals surface area (Å²) in [6.45, 7) is 0. The van der Waals surface area contributed by atoms with E-state index >= 15 is 0 Å². The fourth-order valence-corrected chi connectivity index (χ4v) is 3.21. The molecule has 0 aromatic heterocycles. The van der Waals surface area contributed by atoms with Crippen LogP contribution in [0.15, 0.2) is 48.5 Å². The summed E-state index contributed by atoms with van der Waals surface area (Å²) in [4.78, 5) is 24.8. The molecule has 0 spiro atoms. The zero-order valence-corrected chi connectivity index (χ0v) is 16.8. The van der Waals surface area contributed by atoms with Crippen LogP contribution in [0, 0.1) is 0 Å². The van der Waals surface area contributed by atoms with Crippen LogP contribution in [-0.2, 0) is 19.6 Å². The summed E-state index contributed by atoms with van der Waals surface area (Å²) in [6, 6.07) is 11.8. The fourth-order valence-electron chi connectivity index (χ4n) is 2.60. The Balaban J connectivity index is 2.45. The Morgan fingerprint density at radius 1 is 1.07 bits per heavy atom. The van der Waals surface area contributed by atoms with Crippen molar-refractivity contribution in [2.45, 2.75) is 6.04 Å². The topological polar surface area (TPSA) is 102 Å². The minimum absolute atomic E-state index is 0.214. The number of sulfonamides is 1. The maximum Gasteiger partial charge on any atom is 0.337 e. The van der Waals surface area contributed by atoms with E-state index in [1.54, 1.807) is 30.3 Å². The van der Waals surface area contributed by atoms with E-state index in [0.29, 0.717) is 11.3 Å². The molecule has 2 aromatic rings. The van der Waals surface area contributed by atoms with Crippen LogP contribution in [-0.4, -0.2) is 52.1 Å². The van der Waals surface area contributed by atoms with Gasteiger partial charge in [-0.05, 0) is 23.8 Å². The molecule has 8 nitrogen and oxygen atoms in total. The molecule has 1 N–H and O–H groups in total. The highest BCUT2D eigenvalue weighted by Crippen LogP contribution is 2.29. The first-order valence-corrected chi connectivity index (χ1v) is 10.1. The van der Waals surface area contributed by atoms with Gasteiger partial charge in [-0.1, -0.05) is 30.3 Å². The molecule has 0 saturated carbocycles. The van der Waals surface area contributed by atoms with Gasteiger partial charge in [0.15, 0.2) is 0 Å². The third-order valence-corrected chi connectivity index (χ3v) is 5.39. The lowest BCUT2D eigenvalue weighted by Crippen LogP contribution is -2.38. The number of carbonyl (C=O) groups excluding carboxylic acids is 2. The van der Waals surface area contributed by atoms with Crippen LogP contribution in [0.1, 0.15) is 22.0 Å². The molecule has 0 radical (unpaired) electrons. The molecular formula is C19H22N2O6S. The average Bonchev–Trinajstić information content (AvgIpc) is 2.67. The highest BCUT2D eigenvalue weighted by Gasteiger charge is 2.31. The van der Waals surface area contributed by atoms with Gasteiger partial charge < -0.3 is 14.8 Å². The number of carbonyl (C=O) groups is 2. The van der Waals surface area contributed by atoms with Gasteiger partial charge in [-0.2, -0.15) is 4.31 Å². The predicted molar refractivity (Wildman–Crippen MR) is 105 cm³/mol. The van der Waals surface area contributed by atoms with E-state index in [9.17, 15) is 18.0 Å². The number of rotatable bonds is 7. The van der Waals surface area contributed by atoms with Gasteiger partial charge in [0.05, 0.1) is 31.7 Å². The second-order valence-corrected chi connectivity index (χ2v) is 8.03. The lowest BCUT2D eigenvalue weighted by atomic mass is 10.1. The van der Waals surface area contributed by atoms with Gasteiger partial charge in [0.1, 0.15) is 11.8 Å². The smallest absolute Gasteiger partial charge is 0.337 e. The number of esters is 1. The standard InChI is InChI=1S/C19H22N2O6S/c1-21(28(4,24)25)17(13-8-6-5-7-9-13)18(22)20-15-12-14(19(23)27-3)10-11-16(15)26-2/h5-12,17H,1-4H3,(H,20,22)/t17-/m1/s1. The molecular weight excluding hydrogens is 384 g/mol. The lowest BCUT2D eigenvalue weighted by molar-refractivity contribution is -0.119. The number of nitrogens with one attached hydrogen (secondary N) is 1. The highest BCUT2D eigenvalue weighted by molar-refractivity contribution is 7.88. The number of benzene rings is 2. The van der Waals surface area contributed by atoms with Gasteiger partial charge in [0.25, 0.3) is 0 Å². The minimum Gasteiger partial charge on any atom is -0.495 e. The first-order chi connectivity index (χ1) is 13.2. The molecule has 28 heavy (non-hydrogen) atoms. The third kappa shape index (κ3) is 4.87. The number of likely N-dealkylation sites (N-methyl/N-ethyl adjacent to an activating group) is 1. The molecule has 0 bridgehead atoms. The van der Waals surface area contributed by atoms with Crippen LogP contribution < -0.4 is 10.1 Å². The van der Waals surface area contributed by atoms with Gasteiger partial charge >= 0.3 is 5.97 Å². The van der Waals surface area contributed by atoms with Crippen molar-refractivity contribution in [2.75, 3.05) is 32.8 Å². The maximum absolute atomic E-state index is 13.0. The van der Waals surface area contributed by atoms with Crippen LogP contribution in [0.4, 0.5) is 5.69 Å². The third-order valence-electron chi connectivity index (χ3n) is 4.13. The molecule has 2 aromatic carbocycles. The first kappa shape index (κ1) is 21.4. The van der Waals surface area contributed by atoms with Crippen LogP contribution in [0.5, 0.6) is 5.75 Å². The summed E-state index contributed by atoms with van der Waals surface area (Å²) < 4.78 is 35.0. The van der Waals surface area contributed by atoms with Crippen molar-refractivity contribution in [3.8, 4) is 5.75 Å². The summed E-state index contributed by atoms with van der Waals surface area (Å²) in [6.07, 6.45) is 1.02. The van der Waals surface area contributed by atoms with Crippen molar-refractivity contribution in [1.82, 2.24) is 4.31 Å². The van der Waals surface area contributed by atoms with Crippen LogP contribution in [0.25, 0.3) is 0 Å². The Bertz CT molecular complexity index is 960. The van der Waals surface area contributed by atoms with Crippen LogP contribution in [0.3, 0.4) is 0 Å². The van der Waals surface area contributed by atoms with E-state index in [2.05, 4.69) is 10.1 Å². The summed E-state index contributed by atoms with van der Waals surface area (Å²) in [7, 11) is 0.331. The van der Waals surface area contributed by atoms with E-state index in [1.807, 2.05) is 0 Å².